The molecule has 0 bridgehead atoms. The van der Waals surface area contributed by atoms with Crippen molar-refractivity contribution in [3.8, 4) is 5.69 Å². The smallest absolute Gasteiger partial charge is 0.416 e. The first-order valence-corrected chi connectivity index (χ1v) is 10.4. The minimum Gasteiger partial charge on any atom is -0.467 e. The zero-order valence-corrected chi connectivity index (χ0v) is 17.9. The van der Waals surface area contributed by atoms with Gasteiger partial charge in [0.05, 0.1) is 30.4 Å². The van der Waals surface area contributed by atoms with E-state index in [1.807, 2.05) is 0 Å². The molecule has 0 fully saturated rings. The van der Waals surface area contributed by atoms with Crippen molar-refractivity contribution in [2.24, 2.45) is 0 Å². The van der Waals surface area contributed by atoms with E-state index in [4.69, 9.17) is 4.42 Å². The van der Waals surface area contributed by atoms with Gasteiger partial charge in [-0.1, -0.05) is 12.1 Å². The Hall–Kier alpha value is -4.41. The standard InChI is InChI=1S/C24H16F4N4O3/c25-17-7-9-18(10-8-17)32-21-20(22(33)31(23(32)34)13-19-2-1-11-35-19)30(14-29-21)12-15-3-5-16(6-4-15)24(26,27)28/h1-11,14H,12-13H2. The molecule has 3 heterocycles. The summed E-state index contributed by atoms with van der Waals surface area (Å²) < 4.78 is 61.1. The Morgan fingerprint density at radius 3 is 2.26 bits per heavy atom. The number of fused-ring (bicyclic) bond motifs is 1. The van der Waals surface area contributed by atoms with Gasteiger partial charge in [-0.3, -0.25) is 9.36 Å². The Morgan fingerprint density at radius 1 is 0.914 bits per heavy atom. The van der Waals surface area contributed by atoms with Crippen molar-refractivity contribution in [1.29, 1.82) is 0 Å². The summed E-state index contributed by atoms with van der Waals surface area (Å²) >= 11 is 0. The number of rotatable bonds is 5. The maximum atomic E-state index is 13.5. The van der Waals surface area contributed by atoms with Crippen LogP contribution in [-0.2, 0) is 19.3 Å². The normalized spacial score (nSPS) is 11.9. The molecule has 35 heavy (non-hydrogen) atoms. The molecule has 0 saturated heterocycles. The van der Waals surface area contributed by atoms with Crippen molar-refractivity contribution in [1.82, 2.24) is 18.7 Å². The Morgan fingerprint density at radius 2 is 1.63 bits per heavy atom. The second kappa shape index (κ2) is 8.42. The molecule has 11 heteroatoms. The highest BCUT2D eigenvalue weighted by Crippen LogP contribution is 2.29. The van der Waals surface area contributed by atoms with Crippen LogP contribution in [0.4, 0.5) is 17.6 Å². The summed E-state index contributed by atoms with van der Waals surface area (Å²) in [6.45, 7) is -0.125. The van der Waals surface area contributed by atoms with Crippen LogP contribution in [0.1, 0.15) is 16.9 Å². The molecular formula is C24H16F4N4O3. The van der Waals surface area contributed by atoms with Gasteiger partial charge in [-0.2, -0.15) is 13.2 Å². The molecule has 0 aliphatic heterocycles. The summed E-state index contributed by atoms with van der Waals surface area (Å²) in [5.41, 5.74) is -1.27. The fraction of sp³-hybridized carbons (Fsp3) is 0.125. The third-order valence-electron chi connectivity index (χ3n) is 5.51. The summed E-state index contributed by atoms with van der Waals surface area (Å²) in [5.74, 6) is -0.141. The first-order chi connectivity index (χ1) is 16.7. The third kappa shape index (κ3) is 4.16. The largest absolute Gasteiger partial charge is 0.467 e. The zero-order chi connectivity index (χ0) is 24.7. The lowest BCUT2D eigenvalue weighted by Crippen LogP contribution is -2.40. The monoisotopic (exact) mass is 484 g/mol. The molecule has 0 amide bonds. The molecule has 3 aromatic heterocycles. The lowest BCUT2D eigenvalue weighted by molar-refractivity contribution is -0.137. The van der Waals surface area contributed by atoms with E-state index in [1.165, 1.54) is 58.1 Å². The third-order valence-corrected chi connectivity index (χ3v) is 5.51. The Balaban J connectivity index is 1.68. The topological polar surface area (TPSA) is 75.0 Å². The predicted molar refractivity (Wildman–Crippen MR) is 118 cm³/mol. The molecule has 0 radical (unpaired) electrons. The van der Waals surface area contributed by atoms with Crippen LogP contribution >= 0.6 is 0 Å². The van der Waals surface area contributed by atoms with Gasteiger partial charge in [-0.05, 0) is 54.1 Å². The SMILES string of the molecule is O=c1c2c(ncn2Cc2ccc(C(F)(F)F)cc2)n(-c2ccc(F)cc2)c(=O)n1Cc1ccco1. The Kier molecular flexibility index (Phi) is 5.39. The number of alkyl halides is 3. The van der Waals surface area contributed by atoms with E-state index in [0.717, 1.165) is 16.7 Å². The van der Waals surface area contributed by atoms with Crippen molar-refractivity contribution in [2.45, 2.75) is 19.3 Å². The molecule has 0 unspecified atom stereocenters. The van der Waals surface area contributed by atoms with Crippen LogP contribution in [0.3, 0.4) is 0 Å². The van der Waals surface area contributed by atoms with Crippen LogP contribution in [0, 0.1) is 5.82 Å². The first kappa shape index (κ1) is 22.4. The van der Waals surface area contributed by atoms with Gasteiger partial charge in [0.1, 0.15) is 11.6 Å². The predicted octanol–water partition coefficient (Wildman–Crippen LogP) is 4.20. The van der Waals surface area contributed by atoms with Crippen LogP contribution in [0.2, 0.25) is 0 Å². The number of hydrogen-bond donors (Lipinski definition) is 0. The number of halogens is 4. The van der Waals surface area contributed by atoms with Crippen molar-refractivity contribution < 1.29 is 22.0 Å². The van der Waals surface area contributed by atoms with Gasteiger partial charge in [0.15, 0.2) is 11.2 Å². The molecule has 0 spiro atoms. The van der Waals surface area contributed by atoms with E-state index in [1.54, 1.807) is 12.1 Å². The lowest BCUT2D eigenvalue weighted by atomic mass is 10.1. The van der Waals surface area contributed by atoms with Gasteiger partial charge in [0, 0.05) is 6.54 Å². The van der Waals surface area contributed by atoms with Crippen molar-refractivity contribution >= 4 is 11.2 Å². The summed E-state index contributed by atoms with van der Waals surface area (Å²) in [6.07, 6.45) is -1.72. The van der Waals surface area contributed by atoms with Gasteiger partial charge < -0.3 is 8.98 Å². The molecule has 0 saturated carbocycles. The zero-order valence-electron chi connectivity index (χ0n) is 17.9. The molecule has 7 nitrogen and oxygen atoms in total. The number of furan rings is 1. The van der Waals surface area contributed by atoms with E-state index < -0.39 is 28.8 Å². The minimum absolute atomic E-state index is 0.0340. The molecule has 5 rings (SSSR count). The molecular weight excluding hydrogens is 468 g/mol. The Labute approximate surface area is 194 Å². The molecule has 2 aromatic carbocycles. The van der Waals surface area contributed by atoms with Crippen molar-refractivity contribution in [2.75, 3.05) is 0 Å². The van der Waals surface area contributed by atoms with E-state index >= 15 is 0 Å². The summed E-state index contributed by atoms with van der Waals surface area (Å²) in [7, 11) is 0. The number of aromatic nitrogens is 4. The summed E-state index contributed by atoms with van der Waals surface area (Å²) in [4.78, 5) is 31.0. The molecule has 5 aromatic rings. The van der Waals surface area contributed by atoms with Gasteiger partial charge in [0.2, 0.25) is 0 Å². The van der Waals surface area contributed by atoms with Crippen LogP contribution in [0.25, 0.3) is 16.9 Å². The lowest BCUT2D eigenvalue weighted by Gasteiger charge is -2.12. The van der Waals surface area contributed by atoms with Crippen LogP contribution in [-0.4, -0.2) is 18.7 Å². The van der Waals surface area contributed by atoms with E-state index in [0.29, 0.717) is 11.3 Å². The van der Waals surface area contributed by atoms with Gasteiger partial charge in [0.25, 0.3) is 5.56 Å². The van der Waals surface area contributed by atoms with Crippen LogP contribution in [0.15, 0.2) is 87.3 Å². The van der Waals surface area contributed by atoms with E-state index in [9.17, 15) is 27.2 Å². The minimum atomic E-state index is -4.47. The second-order valence-electron chi connectivity index (χ2n) is 7.80. The average molecular weight is 484 g/mol. The maximum absolute atomic E-state index is 13.5. The molecule has 0 N–H and O–H groups in total. The number of hydrogen-bond acceptors (Lipinski definition) is 4. The highest BCUT2D eigenvalue weighted by Gasteiger charge is 2.30. The van der Waals surface area contributed by atoms with Gasteiger partial charge in [-0.25, -0.2) is 18.7 Å². The highest BCUT2D eigenvalue weighted by atomic mass is 19.4. The first-order valence-electron chi connectivity index (χ1n) is 10.4. The fourth-order valence-corrected chi connectivity index (χ4v) is 3.82. The average Bonchev–Trinajstić information content (AvgIpc) is 3.48. The van der Waals surface area contributed by atoms with Gasteiger partial charge in [-0.15, -0.1) is 0 Å². The highest BCUT2D eigenvalue weighted by molar-refractivity contribution is 5.72. The van der Waals surface area contributed by atoms with Crippen LogP contribution < -0.4 is 11.2 Å². The van der Waals surface area contributed by atoms with E-state index in [-0.39, 0.29) is 29.9 Å². The van der Waals surface area contributed by atoms with Crippen molar-refractivity contribution in [3.05, 3.63) is 117 Å². The number of nitrogens with zero attached hydrogens (tertiary/aromatic N) is 4. The quantitative estimate of drug-likeness (QED) is 0.351. The van der Waals surface area contributed by atoms with Crippen LogP contribution in [0.5, 0.6) is 0 Å². The summed E-state index contributed by atoms with van der Waals surface area (Å²) in [5, 5.41) is 0. The molecule has 0 aliphatic rings. The van der Waals surface area contributed by atoms with Gasteiger partial charge >= 0.3 is 11.9 Å². The maximum Gasteiger partial charge on any atom is 0.416 e. The fourth-order valence-electron chi connectivity index (χ4n) is 3.82. The second-order valence-corrected chi connectivity index (χ2v) is 7.80. The van der Waals surface area contributed by atoms with Crippen molar-refractivity contribution in [3.63, 3.8) is 0 Å². The molecule has 178 valence electrons. The van der Waals surface area contributed by atoms with E-state index in [2.05, 4.69) is 4.98 Å². The number of benzene rings is 2. The molecule has 0 aliphatic carbocycles. The summed E-state index contributed by atoms with van der Waals surface area (Å²) in [6, 6.07) is 12.9. The molecule has 0 atom stereocenters. The number of imidazole rings is 1. The Bertz CT molecular complexity index is 1610.